The minimum absolute atomic E-state index is 0.0389. The Morgan fingerprint density at radius 2 is 1.89 bits per heavy atom. The van der Waals surface area contributed by atoms with Gasteiger partial charge in [0.25, 0.3) is 11.6 Å². The number of anilines is 1. The molecule has 1 amide bonds. The number of hydrogen-bond acceptors (Lipinski definition) is 6. The van der Waals surface area contributed by atoms with Gasteiger partial charge in [0.2, 0.25) is 0 Å². The third kappa shape index (κ3) is 6.27. The van der Waals surface area contributed by atoms with Gasteiger partial charge in [-0.25, -0.2) is 0 Å². The van der Waals surface area contributed by atoms with Crippen molar-refractivity contribution < 1.29 is 24.0 Å². The molecule has 0 fully saturated rings. The summed E-state index contributed by atoms with van der Waals surface area (Å²) in [4.78, 5) is 33.7. The van der Waals surface area contributed by atoms with E-state index in [1.165, 1.54) is 12.1 Å². The average Bonchev–Trinajstić information content (AvgIpc) is 2.66. The number of ether oxygens (including phenoxy) is 2. The number of aryl methyl sites for hydroxylation is 1. The lowest BCUT2D eigenvalue weighted by Crippen LogP contribution is -2.21. The normalized spacial score (nSPS) is 10.1. The maximum atomic E-state index is 11.8. The van der Waals surface area contributed by atoms with Crippen LogP contribution in [0, 0.1) is 10.1 Å². The molecule has 0 aliphatic rings. The van der Waals surface area contributed by atoms with Crippen molar-refractivity contribution in [2.45, 2.75) is 12.8 Å². The fourth-order valence-electron chi connectivity index (χ4n) is 2.18. The standard InChI is InChI=1S/C18H17ClN2O6/c1-26-14-6-2-12(3-7-14)4-9-18(23)27-11-17(22)20-13-5-8-15(19)16(10-13)21(24)25/h2-3,5-8,10H,4,9,11H2,1H3,(H,20,22). The SMILES string of the molecule is COc1ccc(CCC(=O)OCC(=O)Nc2ccc(Cl)c([N+](=O)[O-])c2)cc1. The van der Waals surface area contributed by atoms with Crippen LogP contribution in [0.3, 0.4) is 0 Å². The summed E-state index contributed by atoms with van der Waals surface area (Å²) in [6.45, 7) is -0.488. The number of benzene rings is 2. The van der Waals surface area contributed by atoms with Gasteiger partial charge in [-0.05, 0) is 36.2 Å². The van der Waals surface area contributed by atoms with Crippen LogP contribution in [0.4, 0.5) is 11.4 Å². The molecule has 0 aromatic heterocycles. The first kappa shape index (κ1) is 20.2. The van der Waals surface area contributed by atoms with Gasteiger partial charge in [-0.3, -0.25) is 19.7 Å². The monoisotopic (exact) mass is 392 g/mol. The van der Waals surface area contributed by atoms with Gasteiger partial charge in [-0.1, -0.05) is 23.7 Å². The number of halogens is 1. The van der Waals surface area contributed by atoms with Crippen LogP contribution >= 0.6 is 11.6 Å². The van der Waals surface area contributed by atoms with Crippen LogP contribution in [-0.4, -0.2) is 30.5 Å². The second kappa shape index (κ2) is 9.54. The highest BCUT2D eigenvalue weighted by Gasteiger charge is 2.14. The summed E-state index contributed by atoms with van der Waals surface area (Å²) >= 11 is 5.70. The van der Waals surface area contributed by atoms with Crippen molar-refractivity contribution >= 4 is 34.9 Å². The summed E-state index contributed by atoms with van der Waals surface area (Å²) in [6, 6.07) is 11.1. The second-order valence-corrected chi connectivity index (χ2v) is 5.89. The second-order valence-electron chi connectivity index (χ2n) is 5.48. The molecule has 0 bridgehead atoms. The average molecular weight is 393 g/mol. The van der Waals surface area contributed by atoms with E-state index in [9.17, 15) is 19.7 Å². The lowest BCUT2D eigenvalue weighted by Gasteiger charge is -2.07. The van der Waals surface area contributed by atoms with Gasteiger partial charge in [0.1, 0.15) is 10.8 Å². The number of nitro benzene ring substituents is 1. The highest BCUT2D eigenvalue weighted by molar-refractivity contribution is 6.32. The highest BCUT2D eigenvalue weighted by Crippen LogP contribution is 2.27. The van der Waals surface area contributed by atoms with Crippen molar-refractivity contribution in [2.24, 2.45) is 0 Å². The summed E-state index contributed by atoms with van der Waals surface area (Å²) in [5.41, 5.74) is 0.794. The molecule has 0 unspecified atom stereocenters. The Hall–Kier alpha value is -3.13. The van der Waals surface area contributed by atoms with Gasteiger partial charge in [-0.2, -0.15) is 0 Å². The van der Waals surface area contributed by atoms with Crippen LogP contribution in [-0.2, 0) is 20.7 Å². The van der Waals surface area contributed by atoms with E-state index in [0.29, 0.717) is 6.42 Å². The number of methoxy groups -OCH3 is 1. The van der Waals surface area contributed by atoms with Crippen LogP contribution in [0.25, 0.3) is 0 Å². The first-order chi connectivity index (χ1) is 12.9. The van der Waals surface area contributed by atoms with E-state index in [2.05, 4.69) is 5.32 Å². The molecular formula is C18H17ClN2O6. The van der Waals surface area contributed by atoms with Crippen LogP contribution in [0.15, 0.2) is 42.5 Å². The molecule has 1 N–H and O–H groups in total. The van der Waals surface area contributed by atoms with E-state index >= 15 is 0 Å². The Balaban J connectivity index is 1.78. The first-order valence-electron chi connectivity index (χ1n) is 7.91. The fourth-order valence-corrected chi connectivity index (χ4v) is 2.37. The number of nitro groups is 1. The van der Waals surface area contributed by atoms with E-state index in [0.717, 1.165) is 17.4 Å². The molecule has 0 spiro atoms. The molecule has 0 saturated heterocycles. The maximum Gasteiger partial charge on any atom is 0.306 e. The van der Waals surface area contributed by atoms with Crippen molar-refractivity contribution in [2.75, 3.05) is 19.0 Å². The first-order valence-corrected chi connectivity index (χ1v) is 8.29. The smallest absolute Gasteiger partial charge is 0.306 e. The largest absolute Gasteiger partial charge is 0.497 e. The minimum atomic E-state index is -0.656. The minimum Gasteiger partial charge on any atom is -0.497 e. The molecule has 0 heterocycles. The van der Waals surface area contributed by atoms with E-state index in [-0.39, 0.29) is 22.8 Å². The molecule has 0 radical (unpaired) electrons. The van der Waals surface area contributed by atoms with E-state index in [1.54, 1.807) is 19.2 Å². The topological polar surface area (TPSA) is 108 Å². The lowest BCUT2D eigenvalue weighted by molar-refractivity contribution is -0.384. The van der Waals surface area contributed by atoms with Crippen molar-refractivity contribution in [3.05, 3.63) is 63.2 Å². The Kier molecular flexibility index (Phi) is 7.13. The zero-order valence-corrected chi connectivity index (χ0v) is 15.2. The predicted octanol–water partition coefficient (Wildman–Crippen LogP) is 3.37. The summed E-state index contributed by atoms with van der Waals surface area (Å²) in [7, 11) is 1.57. The number of nitrogens with one attached hydrogen (secondary N) is 1. The van der Waals surface area contributed by atoms with Crippen LogP contribution in [0.1, 0.15) is 12.0 Å². The van der Waals surface area contributed by atoms with Crippen LogP contribution in [0.5, 0.6) is 5.75 Å². The van der Waals surface area contributed by atoms with Gasteiger partial charge >= 0.3 is 5.97 Å². The number of nitrogens with zero attached hydrogens (tertiary/aromatic N) is 1. The van der Waals surface area contributed by atoms with E-state index < -0.39 is 23.4 Å². The molecule has 27 heavy (non-hydrogen) atoms. The Bertz CT molecular complexity index is 838. The Labute approximate surface area is 160 Å². The number of esters is 1. The van der Waals surface area contributed by atoms with Crippen molar-refractivity contribution in [3.8, 4) is 5.75 Å². The van der Waals surface area contributed by atoms with E-state index in [1.807, 2.05) is 12.1 Å². The van der Waals surface area contributed by atoms with Gasteiger partial charge in [-0.15, -0.1) is 0 Å². The molecule has 0 aliphatic heterocycles. The molecule has 0 saturated carbocycles. The molecule has 0 atom stereocenters. The summed E-state index contributed by atoms with van der Waals surface area (Å²) in [5, 5.41) is 13.2. The number of amides is 1. The van der Waals surface area contributed by atoms with Crippen molar-refractivity contribution in [1.82, 2.24) is 0 Å². The number of rotatable bonds is 8. The van der Waals surface area contributed by atoms with Crippen molar-refractivity contribution in [1.29, 1.82) is 0 Å². The van der Waals surface area contributed by atoms with Gasteiger partial charge in [0.05, 0.1) is 12.0 Å². The van der Waals surface area contributed by atoms with Crippen LogP contribution < -0.4 is 10.1 Å². The molecule has 2 aromatic rings. The third-order valence-electron chi connectivity index (χ3n) is 3.57. The van der Waals surface area contributed by atoms with Crippen molar-refractivity contribution in [3.63, 3.8) is 0 Å². The summed E-state index contributed by atoms with van der Waals surface area (Å²) in [5.74, 6) is -0.409. The third-order valence-corrected chi connectivity index (χ3v) is 3.89. The Morgan fingerprint density at radius 3 is 2.52 bits per heavy atom. The molecule has 0 aliphatic carbocycles. The number of carbonyl (C=O) groups is 2. The lowest BCUT2D eigenvalue weighted by atomic mass is 10.1. The van der Waals surface area contributed by atoms with Gasteiger partial charge < -0.3 is 14.8 Å². The molecule has 142 valence electrons. The quantitative estimate of drug-likeness (QED) is 0.419. The Morgan fingerprint density at radius 1 is 1.19 bits per heavy atom. The number of carbonyl (C=O) groups excluding carboxylic acids is 2. The predicted molar refractivity (Wildman–Crippen MR) is 99.0 cm³/mol. The molecule has 8 nitrogen and oxygen atoms in total. The summed E-state index contributed by atoms with van der Waals surface area (Å²) in [6.07, 6.45) is 0.583. The van der Waals surface area contributed by atoms with Gasteiger partial charge in [0.15, 0.2) is 6.61 Å². The van der Waals surface area contributed by atoms with Gasteiger partial charge in [0, 0.05) is 18.2 Å². The van der Waals surface area contributed by atoms with Crippen LogP contribution in [0.2, 0.25) is 5.02 Å². The molecule has 2 rings (SSSR count). The number of hydrogen-bond donors (Lipinski definition) is 1. The maximum absolute atomic E-state index is 11.8. The highest BCUT2D eigenvalue weighted by atomic mass is 35.5. The molecule has 9 heteroatoms. The summed E-state index contributed by atoms with van der Waals surface area (Å²) < 4.78 is 9.96. The zero-order valence-electron chi connectivity index (χ0n) is 14.4. The fraction of sp³-hybridized carbons (Fsp3) is 0.222. The molecule has 2 aromatic carbocycles. The molecular weight excluding hydrogens is 376 g/mol. The zero-order chi connectivity index (χ0) is 19.8. The van der Waals surface area contributed by atoms with E-state index in [4.69, 9.17) is 21.1 Å².